The number of sulfonamides is 1. The SMILES string of the molecule is Cc1ccccc1S(=O)(=O)N1[C@@H]2CNC[C@H]1C2c1ccc(-c2cccnc2)cc1. The van der Waals surface area contributed by atoms with Gasteiger partial charge in [-0.25, -0.2) is 8.42 Å². The molecule has 148 valence electrons. The van der Waals surface area contributed by atoms with Crippen LogP contribution in [-0.4, -0.2) is 42.9 Å². The largest absolute Gasteiger partial charge is 0.313 e. The maximum absolute atomic E-state index is 13.4. The Hall–Kier alpha value is -2.54. The second-order valence-electron chi connectivity index (χ2n) is 7.78. The van der Waals surface area contributed by atoms with E-state index in [1.54, 1.807) is 22.6 Å². The zero-order valence-electron chi connectivity index (χ0n) is 16.2. The third-order valence-corrected chi connectivity index (χ3v) is 8.24. The molecule has 0 radical (unpaired) electrons. The molecule has 5 nitrogen and oxygen atoms in total. The number of nitrogens with zero attached hydrogens (tertiary/aromatic N) is 2. The van der Waals surface area contributed by atoms with E-state index in [0.29, 0.717) is 18.0 Å². The van der Waals surface area contributed by atoms with Crippen molar-refractivity contribution in [3.63, 3.8) is 0 Å². The van der Waals surface area contributed by atoms with Crippen molar-refractivity contribution in [1.82, 2.24) is 14.6 Å². The van der Waals surface area contributed by atoms with Gasteiger partial charge in [-0.15, -0.1) is 0 Å². The highest BCUT2D eigenvalue weighted by Gasteiger charge is 2.56. The summed E-state index contributed by atoms with van der Waals surface area (Å²) >= 11 is 0. The molecule has 0 aliphatic carbocycles. The van der Waals surface area contributed by atoms with Crippen molar-refractivity contribution in [2.45, 2.75) is 29.8 Å². The van der Waals surface area contributed by atoms with Crippen LogP contribution in [-0.2, 0) is 10.0 Å². The number of hydrogen-bond acceptors (Lipinski definition) is 4. The molecule has 0 spiro atoms. The number of benzene rings is 2. The maximum Gasteiger partial charge on any atom is 0.243 e. The molecule has 2 aliphatic heterocycles. The van der Waals surface area contributed by atoms with Crippen LogP contribution in [0, 0.1) is 6.92 Å². The maximum atomic E-state index is 13.4. The van der Waals surface area contributed by atoms with Crippen LogP contribution in [0.5, 0.6) is 0 Å². The van der Waals surface area contributed by atoms with Gasteiger partial charge in [0.2, 0.25) is 10.0 Å². The van der Waals surface area contributed by atoms with Crippen molar-refractivity contribution in [2.24, 2.45) is 0 Å². The van der Waals surface area contributed by atoms with Crippen LogP contribution in [0.15, 0.2) is 78.0 Å². The van der Waals surface area contributed by atoms with E-state index in [4.69, 9.17) is 0 Å². The average Bonchev–Trinajstić information content (AvgIpc) is 2.75. The molecule has 2 bridgehead atoms. The standard InChI is InChI=1S/C23H23N3O2S/c1-16-5-2-3-7-22(16)29(27,28)26-20-14-25-15-21(26)23(20)18-10-8-17(9-11-18)19-6-4-12-24-13-19/h2-13,20-21,23,25H,14-15H2,1H3/t20-,21+,23?. The van der Waals surface area contributed by atoms with Gasteiger partial charge in [0.1, 0.15) is 0 Å². The van der Waals surface area contributed by atoms with E-state index < -0.39 is 10.0 Å². The summed E-state index contributed by atoms with van der Waals surface area (Å²) in [5.41, 5.74) is 4.19. The summed E-state index contributed by atoms with van der Waals surface area (Å²) in [6.07, 6.45) is 3.62. The molecular formula is C23H23N3O2S. The van der Waals surface area contributed by atoms with Gasteiger partial charge in [-0.3, -0.25) is 4.98 Å². The number of piperazine rings is 1. The third-order valence-electron chi connectivity index (χ3n) is 6.13. The van der Waals surface area contributed by atoms with Crippen molar-refractivity contribution in [2.75, 3.05) is 13.1 Å². The van der Waals surface area contributed by atoms with Crippen molar-refractivity contribution >= 4 is 10.0 Å². The lowest BCUT2D eigenvalue weighted by Gasteiger charge is -2.58. The molecule has 1 aromatic heterocycles. The quantitative estimate of drug-likeness (QED) is 0.724. The summed E-state index contributed by atoms with van der Waals surface area (Å²) in [4.78, 5) is 4.60. The minimum atomic E-state index is -3.50. The molecule has 1 N–H and O–H groups in total. The number of fused-ring (bicyclic) bond motifs is 2. The molecule has 6 heteroatoms. The lowest BCUT2D eigenvalue weighted by Crippen LogP contribution is -2.73. The van der Waals surface area contributed by atoms with Crippen LogP contribution in [0.2, 0.25) is 0 Å². The Morgan fingerprint density at radius 2 is 1.66 bits per heavy atom. The molecule has 0 amide bonds. The Balaban J connectivity index is 1.44. The number of rotatable bonds is 4. The van der Waals surface area contributed by atoms with E-state index >= 15 is 0 Å². The number of nitrogens with one attached hydrogen (secondary N) is 1. The van der Waals surface area contributed by atoms with Crippen molar-refractivity contribution in [1.29, 1.82) is 0 Å². The van der Waals surface area contributed by atoms with Crippen LogP contribution < -0.4 is 5.32 Å². The fourth-order valence-electron chi connectivity index (χ4n) is 4.72. The number of aromatic nitrogens is 1. The van der Waals surface area contributed by atoms with Crippen LogP contribution in [0.4, 0.5) is 0 Å². The Labute approximate surface area is 171 Å². The first kappa shape index (κ1) is 18.5. The highest BCUT2D eigenvalue weighted by Crippen LogP contribution is 2.46. The van der Waals surface area contributed by atoms with Crippen molar-refractivity contribution < 1.29 is 8.42 Å². The van der Waals surface area contributed by atoms with Gasteiger partial charge in [0.05, 0.1) is 4.90 Å². The van der Waals surface area contributed by atoms with Gasteiger partial charge in [0.25, 0.3) is 0 Å². The first-order valence-electron chi connectivity index (χ1n) is 9.87. The Bertz CT molecular complexity index is 1120. The summed E-state index contributed by atoms with van der Waals surface area (Å²) in [5, 5.41) is 3.38. The molecule has 0 saturated carbocycles. The van der Waals surface area contributed by atoms with E-state index in [0.717, 1.165) is 16.7 Å². The van der Waals surface area contributed by atoms with Crippen LogP contribution in [0.3, 0.4) is 0 Å². The predicted octanol–water partition coefficient (Wildman–Crippen LogP) is 3.19. The fraction of sp³-hybridized carbons (Fsp3) is 0.261. The highest BCUT2D eigenvalue weighted by molar-refractivity contribution is 7.89. The second-order valence-corrected chi connectivity index (χ2v) is 9.59. The van der Waals surface area contributed by atoms with Crippen LogP contribution in [0.1, 0.15) is 17.0 Å². The first-order chi connectivity index (χ1) is 14.1. The van der Waals surface area contributed by atoms with Crippen molar-refractivity contribution in [3.05, 3.63) is 84.2 Å². The van der Waals surface area contributed by atoms with E-state index in [9.17, 15) is 8.42 Å². The number of aryl methyl sites for hydroxylation is 1. The van der Waals surface area contributed by atoms with Crippen LogP contribution >= 0.6 is 0 Å². The molecule has 5 rings (SSSR count). The van der Waals surface area contributed by atoms with Gasteiger partial charge in [-0.05, 0) is 41.3 Å². The third kappa shape index (κ3) is 2.99. The molecule has 2 aliphatic rings. The van der Waals surface area contributed by atoms with Crippen LogP contribution in [0.25, 0.3) is 11.1 Å². The molecule has 3 heterocycles. The highest BCUT2D eigenvalue weighted by atomic mass is 32.2. The molecule has 1 unspecified atom stereocenters. The predicted molar refractivity (Wildman–Crippen MR) is 113 cm³/mol. The van der Waals surface area contributed by atoms with Crippen molar-refractivity contribution in [3.8, 4) is 11.1 Å². The molecule has 3 atom stereocenters. The summed E-state index contributed by atoms with van der Waals surface area (Å²) in [5.74, 6) is 0.220. The number of hydrogen-bond donors (Lipinski definition) is 1. The molecule has 29 heavy (non-hydrogen) atoms. The molecular weight excluding hydrogens is 382 g/mol. The minimum Gasteiger partial charge on any atom is -0.313 e. The molecule has 2 saturated heterocycles. The van der Waals surface area contributed by atoms with Gasteiger partial charge in [-0.2, -0.15) is 4.31 Å². The Kier molecular flexibility index (Phi) is 4.50. The lowest BCUT2D eigenvalue weighted by molar-refractivity contribution is 0.0370. The average molecular weight is 406 g/mol. The van der Waals surface area contributed by atoms with Gasteiger partial charge < -0.3 is 5.32 Å². The Morgan fingerprint density at radius 3 is 2.31 bits per heavy atom. The van der Waals surface area contributed by atoms with E-state index in [2.05, 4.69) is 34.6 Å². The van der Waals surface area contributed by atoms with Gasteiger partial charge in [0, 0.05) is 43.5 Å². The van der Waals surface area contributed by atoms with Gasteiger partial charge >= 0.3 is 0 Å². The van der Waals surface area contributed by atoms with Gasteiger partial charge in [0.15, 0.2) is 0 Å². The molecule has 2 fully saturated rings. The second kappa shape index (κ2) is 7.06. The summed E-state index contributed by atoms with van der Waals surface area (Å²) in [6.45, 7) is 3.21. The zero-order valence-corrected chi connectivity index (χ0v) is 17.0. The van der Waals surface area contributed by atoms with E-state index in [1.165, 1.54) is 5.56 Å². The normalized spacial score (nSPS) is 24.1. The Morgan fingerprint density at radius 1 is 0.931 bits per heavy atom. The van der Waals surface area contributed by atoms with E-state index in [-0.39, 0.29) is 18.0 Å². The smallest absolute Gasteiger partial charge is 0.243 e. The molecule has 3 aromatic rings. The first-order valence-corrected chi connectivity index (χ1v) is 11.3. The number of pyridine rings is 1. The minimum absolute atomic E-state index is 0.0531. The lowest BCUT2D eigenvalue weighted by atomic mass is 9.74. The van der Waals surface area contributed by atoms with Gasteiger partial charge in [-0.1, -0.05) is 48.5 Å². The zero-order chi connectivity index (χ0) is 20.0. The monoisotopic (exact) mass is 405 g/mol. The van der Waals surface area contributed by atoms with E-state index in [1.807, 2.05) is 37.4 Å². The summed E-state index contributed by atoms with van der Waals surface area (Å²) in [6, 6.07) is 19.6. The molecule has 2 aromatic carbocycles. The number of piperidine rings is 1. The topological polar surface area (TPSA) is 62.3 Å². The summed E-state index contributed by atoms with van der Waals surface area (Å²) < 4.78 is 28.4. The summed E-state index contributed by atoms with van der Waals surface area (Å²) in [7, 11) is -3.50. The fourth-order valence-corrected chi connectivity index (χ4v) is 6.80.